The first-order valence-corrected chi connectivity index (χ1v) is 8.40. The van der Waals surface area contributed by atoms with E-state index in [0.717, 1.165) is 16.5 Å². The molecule has 0 aliphatic carbocycles. The third-order valence-electron chi connectivity index (χ3n) is 4.14. The van der Waals surface area contributed by atoms with Crippen molar-refractivity contribution in [3.8, 4) is 0 Å². The van der Waals surface area contributed by atoms with Crippen molar-refractivity contribution in [1.82, 2.24) is 9.88 Å². The van der Waals surface area contributed by atoms with Crippen LogP contribution in [-0.4, -0.2) is 27.7 Å². The van der Waals surface area contributed by atoms with Crippen LogP contribution in [0.2, 0.25) is 0 Å². The number of aromatic nitrogens is 1. The molecule has 0 radical (unpaired) electrons. The zero-order valence-corrected chi connectivity index (χ0v) is 14.4. The minimum Gasteiger partial charge on any atom is -0.464 e. The van der Waals surface area contributed by atoms with Gasteiger partial charge in [0.1, 0.15) is 0 Å². The third kappa shape index (κ3) is 4.00. The van der Waals surface area contributed by atoms with E-state index in [1.54, 1.807) is 18.3 Å². The number of nitrogens with one attached hydrogen (secondary N) is 1. The maximum Gasteiger partial charge on any atom is 0.416 e. The first-order valence-electron chi connectivity index (χ1n) is 8.40. The third-order valence-corrected chi connectivity index (χ3v) is 4.14. The molecule has 1 amide bonds. The van der Waals surface area contributed by atoms with E-state index in [1.165, 1.54) is 10.6 Å². The van der Waals surface area contributed by atoms with Gasteiger partial charge in [0.05, 0.1) is 5.52 Å². The van der Waals surface area contributed by atoms with Crippen LogP contribution in [0.5, 0.6) is 0 Å². The van der Waals surface area contributed by atoms with Gasteiger partial charge < -0.3 is 10.4 Å². The summed E-state index contributed by atoms with van der Waals surface area (Å²) in [6.45, 7) is 1.90. The fourth-order valence-corrected chi connectivity index (χ4v) is 2.98. The molecule has 2 aromatic carbocycles. The highest BCUT2D eigenvalue weighted by molar-refractivity contribution is 5.93. The standard InChI is InChI=1S/C21H20N2O3/c1-15(22-20(24)12-11-16-7-3-2-4-8-16)13-17-14-23(21(25)26)19-10-6-5-9-18(17)19/h2-12,14-15H,13H2,1H3,(H,22,24)(H,25,26)/t15-/m1/s1. The van der Waals surface area contributed by atoms with Gasteiger partial charge in [-0.3, -0.25) is 9.36 Å². The highest BCUT2D eigenvalue weighted by Crippen LogP contribution is 2.22. The summed E-state index contributed by atoms with van der Waals surface area (Å²) in [6, 6.07) is 16.8. The molecule has 3 rings (SSSR count). The predicted octanol–water partition coefficient (Wildman–Crippen LogP) is 3.93. The van der Waals surface area contributed by atoms with Crippen molar-refractivity contribution >= 4 is 29.0 Å². The maximum atomic E-state index is 12.1. The molecule has 132 valence electrons. The summed E-state index contributed by atoms with van der Waals surface area (Å²) in [5, 5.41) is 13.1. The molecule has 0 saturated carbocycles. The number of benzene rings is 2. The maximum absolute atomic E-state index is 12.1. The summed E-state index contributed by atoms with van der Waals surface area (Å²) in [7, 11) is 0. The van der Waals surface area contributed by atoms with Gasteiger partial charge in [-0.25, -0.2) is 4.79 Å². The fourth-order valence-electron chi connectivity index (χ4n) is 2.98. The van der Waals surface area contributed by atoms with Crippen LogP contribution in [0.25, 0.3) is 17.0 Å². The van der Waals surface area contributed by atoms with E-state index in [2.05, 4.69) is 5.32 Å². The van der Waals surface area contributed by atoms with Crippen molar-refractivity contribution in [2.24, 2.45) is 0 Å². The second-order valence-electron chi connectivity index (χ2n) is 6.18. The van der Waals surface area contributed by atoms with Gasteiger partial charge in [-0.05, 0) is 36.6 Å². The SMILES string of the molecule is C[C@H](Cc1cn(C(=O)O)c2ccccc12)NC(=O)C=Cc1ccccc1. The first-order chi connectivity index (χ1) is 12.5. The van der Waals surface area contributed by atoms with Gasteiger partial charge in [-0.15, -0.1) is 0 Å². The predicted molar refractivity (Wildman–Crippen MR) is 102 cm³/mol. The zero-order valence-electron chi connectivity index (χ0n) is 14.4. The molecule has 1 aromatic heterocycles. The average Bonchev–Trinajstić information content (AvgIpc) is 3.00. The zero-order chi connectivity index (χ0) is 18.5. The molecule has 5 nitrogen and oxygen atoms in total. The molecule has 1 heterocycles. The lowest BCUT2D eigenvalue weighted by atomic mass is 10.1. The van der Waals surface area contributed by atoms with Gasteiger partial charge in [-0.1, -0.05) is 48.5 Å². The number of para-hydroxylation sites is 1. The number of nitrogens with zero attached hydrogens (tertiary/aromatic N) is 1. The van der Waals surface area contributed by atoms with E-state index in [0.29, 0.717) is 11.9 Å². The summed E-state index contributed by atoms with van der Waals surface area (Å²) < 4.78 is 1.22. The Bertz CT molecular complexity index is 958. The quantitative estimate of drug-likeness (QED) is 0.686. The molecule has 0 saturated heterocycles. The van der Waals surface area contributed by atoms with Crippen LogP contribution in [0.15, 0.2) is 66.9 Å². The Kier molecular flexibility index (Phi) is 5.17. The number of fused-ring (bicyclic) bond motifs is 1. The van der Waals surface area contributed by atoms with Crippen LogP contribution < -0.4 is 5.32 Å². The number of amides is 1. The molecular weight excluding hydrogens is 328 g/mol. The molecular formula is C21H20N2O3. The first kappa shape index (κ1) is 17.5. The lowest BCUT2D eigenvalue weighted by Crippen LogP contribution is -2.32. The number of rotatable bonds is 5. The molecule has 2 N–H and O–H groups in total. The normalized spacial score (nSPS) is 12.3. The number of carboxylic acid groups (broad SMARTS) is 1. The summed E-state index contributed by atoms with van der Waals surface area (Å²) in [5.74, 6) is -0.177. The Morgan fingerprint density at radius 2 is 1.81 bits per heavy atom. The molecule has 0 unspecified atom stereocenters. The molecule has 0 bridgehead atoms. The van der Waals surface area contributed by atoms with Crippen LogP contribution in [0, 0.1) is 0 Å². The van der Waals surface area contributed by atoms with Crippen LogP contribution >= 0.6 is 0 Å². The van der Waals surface area contributed by atoms with Crippen molar-refractivity contribution < 1.29 is 14.7 Å². The van der Waals surface area contributed by atoms with Crippen molar-refractivity contribution in [2.75, 3.05) is 0 Å². The van der Waals surface area contributed by atoms with Crippen molar-refractivity contribution in [2.45, 2.75) is 19.4 Å². The molecule has 5 heteroatoms. The Balaban J connectivity index is 1.69. The molecule has 0 fully saturated rings. The van der Waals surface area contributed by atoms with E-state index < -0.39 is 6.09 Å². The smallest absolute Gasteiger partial charge is 0.416 e. The Labute approximate surface area is 151 Å². The minimum atomic E-state index is -1.02. The number of carbonyl (C=O) groups excluding carboxylic acids is 1. The van der Waals surface area contributed by atoms with E-state index in [-0.39, 0.29) is 11.9 Å². The summed E-state index contributed by atoms with van der Waals surface area (Å²) in [4.78, 5) is 23.5. The molecule has 0 aliphatic rings. The Hall–Kier alpha value is -3.34. The highest BCUT2D eigenvalue weighted by atomic mass is 16.4. The monoisotopic (exact) mass is 348 g/mol. The van der Waals surface area contributed by atoms with Gasteiger partial charge in [-0.2, -0.15) is 0 Å². The topological polar surface area (TPSA) is 71.3 Å². The van der Waals surface area contributed by atoms with E-state index >= 15 is 0 Å². The molecule has 26 heavy (non-hydrogen) atoms. The van der Waals surface area contributed by atoms with Crippen LogP contribution in [0.4, 0.5) is 4.79 Å². The van der Waals surface area contributed by atoms with Crippen LogP contribution in [0.3, 0.4) is 0 Å². The highest BCUT2D eigenvalue weighted by Gasteiger charge is 2.15. The summed E-state index contributed by atoms with van der Waals surface area (Å²) in [6.07, 6.45) is 4.42. The molecule has 1 atom stereocenters. The second-order valence-corrected chi connectivity index (χ2v) is 6.18. The largest absolute Gasteiger partial charge is 0.464 e. The van der Waals surface area contributed by atoms with Gasteiger partial charge in [0.2, 0.25) is 5.91 Å². The van der Waals surface area contributed by atoms with E-state index in [4.69, 9.17) is 0 Å². The average molecular weight is 348 g/mol. The fraction of sp³-hybridized carbons (Fsp3) is 0.143. The number of hydrogen-bond acceptors (Lipinski definition) is 2. The lowest BCUT2D eigenvalue weighted by molar-refractivity contribution is -0.117. The Morgan fingerprint density at radius 1 is 1.12 bits per heavy atom. The van der Waals surface area contributed by atoms with Crippen molar-refractivity contribution in [3.05, 3.63) is 78.0 Å². The summed E-state index contributed by atoms with van der Waals surface area (Å²) in [5.41, 5.74) is 2.50. The minimum absolute atomic E-state index is 0.129. The van der Waals surface area contributed by atoms with E-state index in [9.17, 15) is 14.7 Å². The van der Waals surface area contributed by atoms with Crippen LogP contribution in [0.1, 0.15) is 18.1 Å². The second kappa shape index (κ2) is 7.70. The van der Waals surface area contributed by atoms with Gasteiger partial charge >= 0.3 is 6.09 Å². The number of carbonyl (C=O) groups is 2. The van der Waals surface area contributed by atoms with Crippen molar-refractivity contribution in [1.29, 1.82) is 0 Å². The number of hydrogen-bond donors (Lipinski definition) is 2. The molecule has 0 aliphatic heterocycles. The summed E-state index contributed by atoms with van der Waals surface area (Å²) >= 11 is 0. The molecule has 3 aromatic rings. The molecule has 0 spiro atoms. The van der Waals surface area contributed by atoms with Crippen molar-refractivity contribution in [3.63, 3.8) is 0 Å². The lowest BCUT2D eigenvalue weighted by Gasteiger charge is -2.11. The van der Waals surface area contributed by atoms with E-state index in [1.807, 2.05) is 55.5 Å². The van der Waals surface area contributed by atoms with Gasteiger partial charge in [0.25, 0.3) is 0 Å². The van der Waals surface area contributed by atoms with Gasteiger partial charge in [0, 0.05) is 23.7 Å². The Morgan fingerprint density at radius 3 is 2.54 bits per heavy atom. The van der Waals surface area contributed by atoms with Gasteiger partial charge in [0.15, 0.2) is 0 Å². The van der Waals surface area contributed by atoms with Crippen LogP contribution in [-0.2, 0) is 11.2 Å².